The predicted octanol–water partition coefficient (Wildman–Crippen LogP) is 5.42. The normalized spacial score (nSPS) is 11.4. The van der Waals surface area contributed by atoms with Crippen LogP contribution in [0.15, 0.2) is 83.8 Å². The maximum absolute atomic E-state index is 11.8. The molecule has 4 rings (SSSR count). The minimum atomic E-state index is -3.29. The molecule has 1 N–H and O–H groups in total. The van der Waals surface area contributed by atoms with E-state index in [1.807, 2.05) is 30.3 Å². The molecule has 6 heteroatoms. The van der Waals surface area contributed by atoms with Crippen molar-refractivity contribution in [3.63, 3.8) is 0 Å². The minimum Gasteiger partial charge on any atom is -0.504 e. The minimum absolute atomic E-state index is 0.0291. The van der Waals surface area contributed by atoms with Crippen molar-refractivity contribution in [2.75, 3.05) is 13.4 Å². The summed E-state index contributed by atoms with van der Waals surface area (Å²) < 4.78 is 35.1. The zero-order chi connectivity index (χ0) is 21.3. The van der Waals surface area contributed by atoms with Gasteiger partial charge in [0.15, 0.2) is 21.3 Å². The second-order valence-electron chi connectivity index (χ2n) is 6.90. The van der Waals surface area contributed by atoms with E-state index in [4.69, 9.17) is 9.47 Å². The summed E-state index contributed by atoms with van der Waals surface area (Å²) in [6.07, 6.45) is 1.18. The van der Waals surface area contributed by atoms with E-state index in [0.29, 0.717) is 11.5 Å². The first-order valence-corrected chi connectivity index (χ1v) is 11.1. The summed E-state index contributed by atoms with van der Waals surface area (Å²) in [5, 5.41) is 12.0. The summed E-state index contributed by atoms with van der Waals surface area (Å²) >= 11 is 0. The first-order valence-electron chi connectivity index (χ1n) is 9.24. The third-order valence-corrected chi connectivity index (χ3v) is 5.98. The van der Waals surface area contributed by atoms with E-state index in [1.54, 1.807) is 55.6 Å². The van der Waals surface area contributed by atoms with Crippen LogP contribution in [0.25, 0.3) is 21.9 Å². The van der Waals surface area contributed by atoms with E-state index in [9.17, 15) is 13.5 Å². The van der Waals surface area contributed by atoms with Crippen molar-refractivity contribution in [3.05, 3.63) is 78.9 Å². The Morgan fingerprint density at radius 1 is 0.867 bits per heavy atom. The van der Waals surface area contributed by atoms with Crippen LogP contribution in [0.2, 0.25) is 0 Å². The summed E-state index contributed by atoms with van der Waals surface area (Å²) in [6.45, 7) is 0. The molecule has 0 spiro atoms. The Balaban J connectivity index is 1.91. The smallest absolute Gasteiger partial charge is 0.175 e. The molecule has 0 fully saturated rings. The zero-order valence-electron chi connectivity index (χ0n) is 16.5. The van der Waals surface area contributed by atoms with Crippen LogP contribution in [0.4, 0.5) is 0 Å². The molecule has 4 aromatic carbocycles. The van der Waals surface area contributed by atoms with Crippen LogP contribution < -0.4 is 9.47 Å². The Morgan fingerprint density at radius 2 is 1.60 bits per heavy atom. The summed E-state index contributed by atoms with van der Waals surface area (Å²) in [5.41, 5.74) is 1.57. The highest BCUT2D eigenvalue weighted by Crippen LogP contribution is 2.42. The van der Waals surface area contributed by atoms with Crippen LogP contribution in [0.3, 0.4) is 0 Å². The number of benzene rings is 4. The second-order valence-corrected chi connectivity index (χ2v) is 8.91. The van der Waals surface area contributed by atoms with Crippen molar-refractivity contribution in [3.8, 4) is 34.1 Å². The van der Waals surface area contributed by atoms with E-state index in [0.717, 1.165) is 27.6 Å². The lowest BCUT2D eigenvalue weighted by Crippen LogP contribution is -1.96. The van der Waals surface area contributed by atoms with Crippen molar-refractivity contribution >= 4 is 20.6 Å². The van der Waals surface area contributed by atoms with Gasteiger partial charge in [-0.2, -0.15) is 0 Å². The van der Waals surface area contributed by atoms with Gasteiger partial charge < -0.3 is 14.6 Å². The van der Waals surface area contributed by atoms with Crippen LogP contribution in [0, 0.1) is 0 Å². The molecule has 0 aliphatic rings. The van der Waals surface area contributed by atoms with E-state index in [-0.39, 0.29) is 10.6 Å². The molecule has 0 saturated carbocycles. The van der Waals surface area contributed by atoms with Gasteiger partial charge in [0.25, 0.3) is 0 Å². The Kier molecular flexibility index (Phi) is 5.10. The molecule has 0 aliphatic heterocycles. The summed E-state index contributed by atoms with van der Waals surface area (Å²) in [6, 6.07) is 22.9. The summed E-state index contributed by atoms with van der Waals surface area (Å²) in [7, 11) is -1.68. The molecule has 0 aromatic heterocycles. The molecule has 0 amide bonds. The third kappa shape index (κ3) is 3.82. The van der Waals surface area contributed by atoms with Crippen molar-refractivity contribution in [2.45, 2.75) is 4.90 Å². The van der Waals surface area contributed by atoms with Gasteiger partial charge >= 0.3 is 0 Å². The molecule has 0 aliphatic carbocycles. The molecular formula is C24H20O5S. The zero-order valence-corrected chi connectivity index (χ0v) is 17.3. The van der Waals surface area contributed by atoms with Crippen LogP contribution in [0.1, 0.15) is 0 Å². The highest BCUT2D eigenvalue weighted by molar-refractivity contribution is 7.90. The van der Waals surface area contributed by atoms with Gasteiger partial charge in [0.05, 0.1) is 12.0 Å². The van der Waals surface area contributed by atoms with Crippen molar-refractivity contribution < 1.29 is 23.0 Å². The topological polar surface area (TPSA) is 72.8 Å². The number of sulfone groups is 1. The molecule has 0 atom stereocenters. The Labute approximate surface area is 175 Å². The van der Waals surface area contributed by atoms with Crippen molar-refractivity contribution in [1.82, 2.24) is 0 Å². The molecule has 0 heterocycles. The number of hydrogen-bond acceptors (Lipinski definition) is 5. The van der Waals surface area contributed by atoms with Gasteiger partial charge in [-0.25, -0.2) is 8.42 Å². The highest BCUT2D eigenvalue weighted by Gasteiger charge is 2.15. The average Bonchev–Trinajstić information content (AvgIpc) is 2.74. The first kappa shape index (κ1) is 19.8. The fourth-order valence-electron chi connectivity index (χ4n) is 3.28. The van der Waals surface area contributed by atoms with Gasteiger partial charge in [-0.05, 0) is 59.5 Å². The highest BCUT2D eigenvalue weighted by atomic mass is 32.2. The van der Waals surface area contributed by atoms with Gasteiger partial charge in [0.1, 0.15) is 11.5 Å². The fraction of sp³-hybridized carbons (Fsp3) is 0.0833. The Bertz CT molecular complexity index is 1330. The van der Waals surface area contributed by atoms with E-state index in [1.165, 1.54) is 6.26 Å². The van der Waals surface area contributed by atoms with E-state index in [2.05, 4.69) is 0 Å². The van der Waals surface area contributed by atoms with E-state index >= 15 is 0 Å². The molecule has 0 bridgehead atoms. The lowest BCUT2D eigenvalue weighted by molar-refractivity contribution is 0.413. The number of phenolic OH excluding ortho intramolecular Hbond substituents is 1. The molecule has 4 aromatic rings. The number of fused-ring (bicyclic) bond motifs is 1. The lowest BCUT2D eigenvalue weighted by Gasteiger charge is -2.16. The van der Waals surface area contributed by atoms with Crippen LogP contribution >= 0.6 is 0 Å². The quantitative estimate of drug-likeness (QED) is 0.467. The molecule has 30 heavy (non-hydrogen) atoms. The maximum Gasteiger partial charge on any atom is 0.175 e. The number of rotatable bonds is 5. The standard InChI is InChI=1S/C24H20O5S/c1-28-18-10-14-21-17(15-18)9-13-20(16-7-11-19(12-8-16)30(2,26)27)24(21)29-23-6-4-3-5-22(23)25/h3-15,25H,1-2H3. The monoisotopic (exact) mass is 420 g/mol. The summed E-state index contributed by atoms with van der Waals surface area (Å²) in [4.78, 5) is 0.250. The Morgan fingerprint density at radius 3 is 2.27 bits per heavy atom. The maximum atomic E-state index is 11.8. The number of methoxy groups -OCH3 is 1. The van der Waals surface area contributed by atoms with Gasteiger partial charge in [-0.1, -0.05) is 30.3 Å². The van der Waals surface area contributed by atoms with Gasteiger partial charge in [0, 0.05) is 17.2 Å². The first-order chi connectivity index (χ1) is 14.4. The molecule has 0 radical (unpaired) electrons. The fourth-order valence-corrected chi connectivity index (χ4v) is 3.91. The number of para-hydroxylation sites is 2. The SMILES string of the molecule is COc1ccc2c(Oc3ccccc3O)c(-c3ccc(S(C)(=O)=O)cc3)ccc2c1. The van der Waals surface area contributed by atoms with Crippen LogP contribution in [0.5, 0.6) is 23.0 Å². The predicted molar refractivity (Wildman–Crippen MR) is 117 cm³/mol. The Hall–Kier alpha value is -3.51. The summed E-state index contributed by atoms with van der Waals surface area (Å²) in [5.74, 6) is 1.64. The van der Waals surface area contributed by atoms with Gasteiger partial charge in [-0.3, -0.25) is 0 Å². The molecule has 0 saturated heterocycles. The third-order valence-electron chi connectivity index (χ3n) is 4.85. The molecule has 0 unspecified atom stereocenters. The second kappa shape index (κ2) is 7.72. The van der Waals surface area contributed by atoms with Crippen LogP contribution in [-0.4, -0.2) is 26.9 Å². The van der Waals surface area contributed by atoms with Gasteiger partial charge in [0.2, 0.25) is 0 Å². The number of phenols is 1. The molecule has 5 nitrogen and oxygen atoms in total. The number of hydrogen-bond donors (Lipinski definition) is 1. The number of aromatic hydroxyl groups is 1. The van der Waals surface area contributed by atoms with Crippen molar-refractivity contribution in [2.24, 2.45) is 0 Å². The van der Waals surface area contributed by atoms with Gasteiger partial charge in [-0.15, -0.1) is 0 Å². The van der Waals surface area contributed by atoms with E-state index < -0.39 is 9.84 Å². The molecular weight excluding hydrogens is 400 g/mol. The average molecular weight is 420 g/mol. The lowest BCUT2D eigenvalue weighted by atomic mass is 9.99. The van der Waals surface area contributed by atoms with Crippen molar-refractivity contribution in [1.29, 1.82) is 0 Å². The molecule has 152 valence electrons. The largest absolute Gasteiger partial charge is 0.504 e. The number of ether oxygens (including phenoxy) is 2. The van der Waals surface area contributed by atoms with Crippen LogP contribution in [-0.2, 0) is 9.84 Å².